The minimum atomic E-state index is 0.0862. The predicted octanol–water partition coefficient (Wildman–Crippen LogP) is 2.65. The number of anilines is 2. The molecule has 2 aliphatic rings. The third-order valence-electron chi connectivity index (χ3n) is 4.79. The first-order valence-corrected chi connectivity index (χ1v) is 9.59. The van der Waals surface area contributed by atoms with Crippen LogP contribution in [0.3, 0.4) is 0 Å². The molecule has 132 valence electrons. The Kier molecular flexibility index (Phi) is 4.48. The van der Waals surface area contributed by atoms with Gasteiger partial charge in [0, 0.05) is 17.0 Å². The number of hydrogen-bond acceptors (Lipinski definition) is 6. The highest BCUT2D eigenvalue weighted by Gasteiger charge is 2.23. The molecule has 1 amide bonds. The van der Waals surface area contributed by atoms with Crippen LogP contribution in [0.4, 0.5) is 10.8 Å². The number of aromatic nitrogens is 1. The van der Waals surface area contributed by atoms with E-state index in [0.29, 0.717) is 30.9 Å². The van der Waals surface area contributed by atoms with Gasteiger partial charge in [-0.2, -0.15) is 0 Å². The zero-order valence-corrected chi connectivity index (χ0v) is 14.8. The van der Waals surface area contributed by atoms with Gasteiger partial charge in [0.15, 0.2) is 5.13 Å². The third kappa shape index (κ3) is 3.56. The van der Waals surface area contributed by atoms with E-state index in [2.05, 4.69) is 15.2 Å². The number of benzene rings is 1. The Morgan fingerprint density at radius 1 is 1.40 bits per heavy atom. The molecule has 0 radical (unpaired) electrons. The van der Waals surface area contributed by atoms with Crippen molar-refractivity contribution in [1.29, 1.82) is 0 Å². The largest absolute Gasteiger partial charge is 0.490 e. The van der Waals surface area contributed by atoms with Gasteiger partial charge in [0.2, 0.25) is 5.91 Å². The lowest BCUT2D eigenvalue weighted by Gasteiger charge is -2.31. The van der Waals surface area contributed by atoms with E-state index in [1.165, 1.54) is 24.2 Å². The molecule has 1 aliphatic heterocycles. The second kappa shape index (κ2) is 6.92. The Balaban J connectivity index is 1.52. The summed E-state index contributed by atoms with van der Waals surface area (Å²) in [5, 5.41) is 5.65. The van der Waals surface area contributed by atoms with Gasteiger partial charge in [-0.3, -0.25) is 4.79 Å². The van der Waals surface area contributed by atoms with Gasteiger partial charge in [0.1, 0.15) is 12.4 Å². The van der Waals surface area contributed by atoms with Gasteiger partial charge in [0.25, 0.3) is 0 Å². The SMILES string of the molecule is Nc1nc(-c2ccc3c(c2)N(CC(=O)NC2CCCC2)CCO3)cs1. The second-order valence-electron chi connectivity index (χ2n) is 6.57. The van der Waals surface area contributed by atoms with Crippen molar-refractivity contribution in [2.24, 2.45) is 0 Å². The number of amides is 1. The van der Waals surface area contributed by atoms with Gasteiger partial charge >= 0.3 is 0 Å². The van der Waals surface area contributed by atoms with Crippen LogP contribution < -0.4 is 20.7 Å². The molecule has 0 atom stereocenters. The Labute approximate surface area is 151 Å². The summed E-state index contributed by atoms with van der Waals surface area (Å²) in [5.41, 5.74) is 8.52. The molecule has 1 aromatic heterocycles. The number of nitrogens with two attached hydrogens (primary N) is 1. The smallest absolute Gasteiger partial charge is 0.239 e. The highest BCUT2D eigenvalue weighted by molar-refractivity contribution is 7.13. The van der Waals surface area contributed by atoms with Crippen LogP contribution in [0.15, 0.2) is 23.6 Å². The van der Waals surface area contributed by atoms with E-state index in [1.54, 1.807) is 0 Å². The molecule has 3 N–H and O–H groups in total. The average Bonchev–Trinajstić information content (AvgIpc) is 3.26. The monoisotopic (exact) mass is 358 g/mol. The van der Waals surface area contributed by atoms with Crippen LogP contribution in [-0.2, 0) is 4.79 Å². The predicted molar refractivity (Wildman–Crippen MR) is 100 cm³/mol. The number of rotatable bonds is 4. The number of ether oxygens (including phenoxy) is 1. The molecule has 0 saturated heterocycles. The number of carbonyl (C=O) groups excluding carboxylic acids is 1. The van der Waals surface area contributed by atoms with Gasteiger partial charge in [-0.05, 0) is 31.0 Å². The van der Waals surface area contributed by atoms with Crippen LogP contribution in [-0.4, -0.2) is 36.6 Å². The molecule has 0 spiro atoms. The van der Waals surface area contributed by atoms with Gasteiger partial charge in [-0.1, -0.05) is 12.8 Å². The van der Waals surface area contributed by atoms with Crippen LogP contribution >= 0.6 is 11.3 Å². The summed E-state index contributed by atoms with van der Waals surface area (Å²) in [7, 11) is 0. The number of nitrogens with one attached hydrogen (secondary N) is 1. The second-order valence-corrected chi connectivity index (χ2v) is 7.46. The van der Waals surface area contributed by atoms with Crippen molar-refractivity contribution < 1.29 is 9.53 Å². The standard InChI is InChI=1S/C18H22N4O2S/c19-18-21-14(11-25-18)12-5-6-16-15(9-12)22(7-8-24-16)10-17(23)20-13-3-1-2-4-13/h5-6,9,11,13H,1-4,7-8,10H2,(H2,19,21)(H,20,23). The van der Waals surface area contributed by atoms with Crippen LogP contribution in [0.2, 0.25) is 0 Å². The summed E-state index contributed by atoms with van der Waals surface area (Å²) in [6, 6.07) is 6.31. The molecule has 1 fully saturated rings. The summed E-state index contributed by atoms with van der Waals surface area (Å²) in [4.78, 5) is 18.8. The van der Waals surface area contributed by atoms with Crippen molar-refractivity contribution in [3.63, 3.8) is 0 Å². The fourth-order valence-electron chi connectivity index (χ4n) is 3.53. The summed E-state index contributed by atoms with van der Waals surface area (Å²) < 4.78 is 5.75. The van der Waals surface area contributed by atoms with E-state index in [-0.39, 0.29) is 5.91 Å². The molecule has 0 bridgehead atoms. The molecule has 25 heavy (non-hydrogen) atoms. The Hall–Kier alpha value is -2.28. The van der Waals surface area contributed by atoms with Crippen LogP contribution in [0.25, 0.3) is 11.3 Å². The van der Waals surface area contributed by atoms with Gasteiger partial charge in [0.05, 0.1) is 24.5 Å². The minimum absolute atomic E-state index is 0.0862. The average molecular weight is 358 g/mol. The van der Waals surface area contributed by atoms with Crippen molar-refractivity contribution in [1.82, 2.24) is 10.3 Å². The summed E-state index contributed by atoms with van der Waals surface area (Å²) >= 11 is 1.42. The van der Waals surface area contributed by atoms with Gasteiger partial charge < -0.3 is 20.7 Å². The maximum absolute atomic E-state index is 12.4. The summed E-state index contributed by atoms with van der Waals surface area (Å²) in [6.45, 7) is 1.65. The molecular weight excluding hydrogens is 336 g/mol. The highest BCUT2D eigenvalue weighted by atomic mass is 32.1. The topological polar surface area (TPSA) is 80.5 Å². The first-order chi connectivity index (χ1) is 12.2. The number of nitrogens with zero attached hydrogens (tertiary/aromatic N) is 2. The van der Waals surface area contributed by atoms with Crippen molar-refractivity contribution in [3.8, 4) is 17.0 Å². The third-order valence-corrected chi connectivity index (χ3v) is 5.46. The lowest BCUT2D eigenvalue weighted by Crippen LogP contribution is -2.43. The highest BCUT2D eigenvalue weighted by Crippen LogP contribution is 2.36. The van der Waals surface area contributed by atoms with E-state index in [0.717, 1.165) is 35.5 Å². The molecule has 6 nitrogen and oxygen atoms in total. The number of carbonyl (C=O) groups is 1. The molecule has 2 heterocycles. The van der Waals surface area contributed by atoms with E-state index in [9.17, 15) is 4.79 Å². The van der Waals surface area contributed by atoms with Crippen LogP contribution in [0, 0.1) is 0 Å². The molecular formula is C18H22N4O2S. The van der Waals surface area contributed by atoms with Gasteiger partial charge in [-0.25, -0.2) is 4.98 Å². The lowest BCUT2D eigenvalue weighted by molar-refractivity contribution is -0.120. The van der Waals surface area contributed by atoms with Crippen LogP contribution in [0.1, 0.15) is 25.7 Å². The lowest BCUT2D eigenvalue weighted by atomic mass is 10.1. The van der Waals surface area contributed by atoms with E-state index in [4.69, 9.17) is 10.5 Å². The Morgan fingerprint density at radius 3 is 3.00 bits per heavy atom. The minimum Gasteiger partial charge on any atom is -0.490 e. The number of hydrogen-bond donors (Lipinski definition) is 2. The molecule has 1 aliphatic carbocycles. The molecule has 1 aromatic carbocycles. The van der Waals surface area contributed by atoms with E-state index < -0.39 is 0 Å². The zero-order valence-electron chi connectivity index (χ0n) is 14.0. The van der Waals surface area contributed by atoms with E-state index in [1.807, 2.05) is 23.6 Å². The molecule has 1 saturated carbocycles. The van der Waals surface area contributed by atoms with Crippen molar-refractivity contribution in [3.05, 3.63) is 23.6 Å². The first kappa shape index (κ1) is 16.2. The van der Waals surface area contributed by atoms with Crippen LogP contribution in [0.5, 0.6) is 5.75 Å². The number of nitrogen functional groups attached to an aromatic ring is 1. The Bertz CT molecular complexity index is 770. The van der Waals surface area contributed by atoms with Crippen molar-refractivity contribution in [2.45, 2.75) is 31.7 Å². The first-order valence-electron chi connectivity index (χ1n) is 8.71. The molecule has 2 aromatic rings. The number of thiazole rings is 1. The fraction of sp³-hybridized carbons (Fsp3) is 0.444. The van der Waals surface area contributed by atoms with Crippen molar-refractivity contribution in [2.75, 3.05) is 30.3 Å². The summed E-state index contributed by atoms with van der Waals surface area (Å²) in [5.74, 6) is 0.898. The quantitative estimate of drug-likeness (QED) is 0.878. The van der Waals surface area contributed by atoms with E-state index >= 15 is 0 Å². The molecule has 4 rings (SSSR count). The summed E-state index contributed by atoms with van der Waals surface area (Å²) in [6.07, 6.45) is 4.62. The van der Waals surface area contributed by atoms with Crippen molar-refractivity contribution >= 4 is 28.1 Å². The Morgan fingerprint density at radius 2 is 2.24 bits per heavy atom. The zero-order chi connectivity index (χ0) is 17.2. The maximum Gasteiger partial charge on any atom is 0.239 e. The maximum atomic E-state index is 12.4. The number of fused-ring (bicyclic) bond motifs is 1. The molecule has 7 heteroatoms. The van der Waals surface area contributed by atoms with Gasteiger partial charge in [-0.15, -0.1) is 11.3 Å². The molecule has 0 unspecified atom stereocenters. The fourth-order valence-corrected chi connectivity index (χ4v) is 4.11. The normalized spacial score (nSPS) is 17.2.